The molecule has 2 rings (SSSR count). The molecule has 0 aromatic heterocycles. The Hall–Kier alpha value is -1.43. The average molecular weight is 247 g/mol. The molecule has 0 N–H and O–H groups in total. The average Bonchev–Trinajstić information content (AvgIpc) is 3.08. The molecule has 0 atom stereocenters. The second-order valence-corrected chi connectivity index (χ2v) is 5.95. The molecule has 1 heterocycles. The maximum Gasteiger partial charge on any atom is 0.410 e. The molecule has 0 bridgehead atoms. The number of carbonyl (C=O) groups excluding carboxylic acids is 1. The second-order valence-electron chi connectivity index (χ2n) is 5.95. The number of rotatable bonds is 0. The van der Waals surface area contributed by atoms with E-state index in [1.54, 1.807) is 4.90 Å². The lowest BCUT2D eigenvalue weighted by Gasteiger charge is -2.28. The Morgan fingerprint density at radius 2 is 2.17 bits per heavy atom. The highest BCUT2D eigenvalue weighted by molar-refractivity contribution is 5.68. The van der Waals surface area contributed by atoms with E-state index in [0.29, 0.717) is 19.0 Å². The van der Waals surface area contributed by atoms with Gasteiger partial charge in [-0.05, 0) is 40.0 Å². The first kappa shape index (κ1) is 13.0. The molecule has 0 spiro atoms. The first-order valence-electron chi connectivity index (χ1n) is 6.62. The van der Waals surface area contributed by atoms with Gasteiger partial charge < -0.3 is 9.64 Å². The van der Waals surface area contributed by atoms with E-state index in [0.717, 1.165) is 6.42 Å². The van der Waals surface area contributed by atoms with Crippen molar-refractivity contribution in [3.63, 3.8) is 0 Å². The Bertz CT molecular complexity index is 416. The van der Waals surface area contributed by atoms with Crippen LogP contribution < -0.4 is 0 Å². The Balaban J connectivity index is 1.85. The van der Waals surface area contributed by atoms with Gasteiger partial charge in [0.05, 0.1) is 0 Å². The molecular weight excluding hydrogens is 226 g/mol. The minimum atomic E-state index is -0.424. The fraction of sp³-hybridized carbons (Fsp3) is 0.667. The van der Waals surface area contributed by atoms with Gasteiger partial charge in [0.2, 0.25) is 0 Å². The van der Waals surface area contributed by atoms with Crippen molar-refractivity contribution in [3.8, 4) is 11.8 Å². The van der Waals surface area contributed by atoms with Crippen molar-refractivity contribution in [3.05, 3.63) is 11.6 Å². The number of hydrogen-bond acceptors (Lipinski definition) is 2. The van der Waals surface area contributed by atoms with Crippen molar-refractivity contribution in [1.29, 1.82) is 0 Å². The zero-order valence-electron chi connectivity index (χ0n) is 11.5. The number of carbonyl (C=O) groups is 1. The molecule has 1 aliphatic carbocycles. The fourth-order valence-electron chi connectivity index (χ4n) is 1.70. The van der Waals surface area contributed by atoms with E-state index >= 15 is 0 Å². The summed E-state index contributed by atoms with van der Waals surface area (Å²) in [7, 11) is 0. The molecule has 3 heteroatoms. The molecule has 0 unspecified atom stereocenters. The van der Waals surface area contributed by atoms with E-state index in [1.165, 1.54) is 18.4 Å². The fourth-order valence-corrected chi connectivity index (χ4v) is 1.70. The van der Waals surface area contributed by atoms with Crippen LogP contribution in [0, 0.1) is 17.8 Å². The van der Waals surface area contributed by atoms with Gasteiger partial charge in [0.1, 0.15) is 5.60 Å². The van der Waals surface area contributed by atoms with Crippen LogP contribution in [0.4, 0.5) is 4.79 Å². The van der Waals surface area contributed by atoms with Gasteiger partial charge in [-0.2, -0.15) is 0 Å². The summed E-state index contributed by atoms with van der Waals surface area (Å²) in [5, 5.41) is 0. The highest BCUT2D eigenvalue weighted by atomic mass is 16.6. The van der Waals surface area contributed by atoms with Gasteiger partial charge in [-0.1, -0.05) is 17.9 Å². The highest BCUT2D eigenvalue weighted by Gasteiger charge is 2.23. The van der Waals surface area contributed by atoms with Crippen LogP contribution in [0.5, 0.6) is 0 Å². The van der Waals surface area contributed by atoms with E-state index in [1.807, 2.05) is 26.8 Å². The van der Waals surface area contributed by atoms with Gasteiger partial charge in [-0.25, -0.2) is 4.79 Å². The Kier molecular flexibility index (Phi) is 3.65. The molecule has 2 aliphatic rings. The molecule has 1 aliphatic heterocycles. The standard InChI is InChI=1S/C15H21NO2/c1-15(2,3)18-14(17)16-10-8-13(9-11-16)7-6-12-4-5-12/h8,12H,4-5,9-11H2,1-3H3. The van der Waals surface area contributed by atoms with Gasteiger partial charge in [0.25, 0.3) is 0 Å². The quantitative estimate of drug-likeness (QED) is 0.616. The van der Waals surface area contributed by atoms with Crippen molar-refractivity contribution < 1.29 is 9.53 Å². The molecular formula is C15H21NO2. The summed E-state index contributed by atoms with van der Waals surface area (Å²) in [4.78, 5) is 13.6. The zero-order chi connectivity index (χ0) is 13.2. The summed E-state index contributed by atoms with van der Waals surface area (Å²) in [6, 6.07) is 0. The molecule has 18 heavy (non-hydrogen) atoms. The van der Waals surface area contributed by atoms with Gasteiger partial charge in [-0.15, -0.1) is 0 Å². The first-order chi connectivity index (χ1) is 8.44. The molecule has 1 amide bonds. The summed E-state index contributed by atoms with van der Waals surface area (Å²) in [5.41, 5.74) is 0.744. The van der Waals surface area contributed by atoms with Crippen LogP contribution in [0.15, 0.2) is 11.6 Å². The van der Waals surface area contributed by atoms with Crippen LogP contribution in [0.2, 0.25) is 0 Å². The monoisotopic (exact) mass is 247 g/mol. The van der Waals surface area contributed by atoms with Crippen LogP contribution in [0.3, 0.4) is 0 Å². The summed E-state index contributed by atoms with van der Waals surface area (Å²) in [6.07, 6.45) is 5.17. The predicted octanol–water partition coefficient (Wildman–Crippen LogP) is 2.97. The third-order valence-electron chi connectivity index (χ3n) is 2.88. The predicted molar refractivity (Wildman–Crippen MR) is 71.0 cm³/mol. The molecule has 3 nitrogen and oxygen atoms in total. The molecule has 1 fully saturated rings. The number of nitrogens with zero attached hydrogens (tertiary/aromatic N) is 1. The van der Waals surface area contributed by atoms with E-state index in [4.69, 9.17) is 4.74 Å². The number of ether oxygens (including phenoxy) is 1. The third kappa shape index (κ3) is 4.10. The van der Waals surface area contributed by atoms with Gasteiger partial charge in [0.15, 0.2) is 0 Å². The lowest BCUT2D eigenvalue weighted by atomic mass is 10.1. The summed E-state index contributed by atoms with van der Waals surface area (Å²) in [6.45, 7) is 6.98. The van der Waals surface area contributed by atoms with Crippen molar-refractivity contribution in [1.82, 2.24) is 4.90 Å². The molecule has 0 aromatic rings. The molecule has 1 saturated carbocycles. The molecule has 0 aromatic carbocycles. The molecule has 0 radical (unpaired) electrons. The van der Waals surface area contributed by atoms with Gasteiger partial charge >= 0.3 is 6.09 Å². The highest BCUT2D eigenvalue weighted by Crippen LogP contribution is 2.27. The lowest BCUT2D eigenvalue weighted by Crippen LogP contribution is -2.39. The van der Waals surface area contributed by atoms with Crippen molar-refractivity contribution in [2.45, 2.75) is 45.6 Å². The normalized spacial score (nSPS) is 19.7. The largest absolute Gasteiger partial charge is 0.444 e. The van der Waals surface area contributed by atoms with Crippen LogP contribution in [0.1, 0.15) is 40.0 Å². The summed E-state index contributed by atoms with van der Waals surface area (Å²) >= 11 is 0. The molecule has 0 saturated heterocycles. The van der Waals surface area contributed by atoms with Crippen LogP contribution in [-0.4, -0.2) is 29.7 Å². The zero-order valence-corrected chi connectivity index (χ0v) is 11.5. The van der Waals surface area contributed by atoms with E-state index in [2.05, 4.69) is 11.8 Å². The first-order valence-corrected chi connectivity index (χ1v) is 6.62. The van der Waals surface area contributed by atoms with E-state index in [9.17, 15) is 4.79 Å². The lowest BCUT2D eigenvalue weighted by molar-refractivity contribution is 0.0267. The van der Waals surface area contributed by atoms with Crippen molar-refractivity contribution in [2.24, 2.45) is 5.92 Å². The third-order valence-corrected chi connectivity index (χ3v) is 2.88. The minimum Gasteiger partial charge on any atom is -0.444 e. The van der Waals surface area contributed by atoms with E-state index in [-0.39, 0.29) is 6.09 Å². The van der Waals surface area contributed by atoms with Crippen molar-refractivity contribution in [2.75, 3.05) is 13.1 Å². The van der Waals surface area contributed by atoms with Crippen LogP contribution in [-0.2, 0) is 4.74 Å². The van der Waals surface area contributed by atoms with E-state index < -0.39 is 5.60 Å². The Morgan fingerprint density at radius 3 is 2.67 bits per heavy atom. The van der Waals surface area contributed by atoms with Gasteiger partial charge in [-0.3, -0.25) is 0 Å². The topological polar surface area (TPSA) is 29.5 Å². The molecule has 98 valence electrons. The Labute approximate surface area is 109 Å². The minimum absolute atomic E-state index is 0.229. The maximum absolute atomic E-state index is 11.8. The van der Waals surface area contributed by atoms with Crippen LogP contribution in [0.25, 0.3) is 0 Å². The number of amides is 1. The smallest absolute Gasteiger partial charge is 0.410 e. The summed E-state index contributed by atoms with van der Waals surface area (Å²) in [5.74, 6) is 7.11. The SMILES string of the molecule is CC(C)(C)OC(=O)N1CC=C(C#CC2CC2)CC1. The second kappa shape index (κ2) is 5.06. The Morgan fingerprint density at radius 1 is 1.44 bits per heavy atom. The summed E-state index contributed by atoms with van der Waals surface area (Å²) < 4.78 is 5.34. The van der Waals surface area contributed by atoms with Crippen LogP contribution >= 0.6 is 0 Å². The van der Waals surface area contributed by atoms with Gasteiger partial charge in [0, 0.05) is 24.6 Å². The maximum atomic E-state index is 11.8. The van der Waals surface area contributed by atoms with Crippen molar-refractivity contribution >= 4 is 6.09 Å². The number of hydrogen-bond donors (Lipinski definition) is 0.